The SMILES string of the molecule is CCCNCc1cnc(Oc2cc(Cl)cc(Cl)c2)c(C)c1. The van der Waals surface area contributed by atoms with Gasteiger partial charge in [-0.1, -0.05) is 30.1 Å². The average Bonchev–Trinajstić information content (AvgIpc) is 2.41. The molecule has 0 atom stereocenters. The number of hydrogen-bond donors (Lipinski definition) is 1. The van der Waals surface area contributed by atoms with Crippen molar-refractivity contribution in [2.45, 2.75) is 26.8 Å². The molecule has 21 heavy (non-hydrogen) atoms. The van der Waals surface area contributed by atoms with Gasteiger partial charge in [0.25, 0.3) is 0 Å². The van der Waals surface area contributed by atoms with Gasteiger partial charge in [0.05, 0.1) is 0 Å². The van der Waals surface area contributed by atoms with E-state index in [1.807, 2.05) is 13.1 Å². The first-order valence-corrected chi connectivity index (χ1v) is 7.64. The summed E-state index contributed by atoms with van der Waals surface area (Å²) < 4.78 is 5.75. The highest BCUT2D eigenvalue weighted by atomic mass is 35.5. The second-order valence-electron chi connectivity index (χ2n) is 4.85. The van der Waals surface area contributed by atoms with Crippen molar-refractivity contribution in [3.63, 3.8) is 0 Å². The monoisotopic (exact) mass is 324 g/mol. The number of hydrogen-bond acceptors (Lipinski definition) is 3. The van der Waals surface area contributed by atoms with Crippen LogP contribution in [0.2, 0.25) is 10.0 Å². The lowest BCUT2D eigenvalue weighted by atomic mass is 10.2. The Morgan fingerprint density at radius 1 is 1.14 bits per heavy atom. The zero-order valence-corrected chi connectivity index (χ0v) is 13.6. The molecule has 0 aliphatic heterocycles. The maximum Gasteiger partial charge on any atom is 0.222 e. The smallest absolute Gasteiger partial charge is 0.222 e. The lowest BCUT2D eigenvalue weighted by Gasteiger charge is -2.10. The van der Waals surface area contributed by atoms with Gasteiger partial charge >= 0.3 is 0 Å². The summed E-state index contributed by atoms with van der Waals surface area (Å²) in [6.07, 6.45) is 2.93. The summed E-state index contributed by atoms with van der Waals surface area (Å²) in [6, 6.07) is 7.16. The van der Waals surface area contributed by atoms with E-state index >= 15 is 0 Å². The topological polar surface area (TPSA) is 34.2 Å². The number of halogens is 2. The fourth-order valence-electron chi connectivity index (χ4n) is 1.93. The highest BCUT2D eigenvalue weighted by molar-refractivity contribution is 6.34. The molecule has 1 N–H and O–H groups in total. The number of aryl methyl sites for hydroxylation is 1. The van der Waals surface area contributed by atoms with Crippen LogP contribution in [0.25, 0.3) is 0 Å². The number of rotatable bonds is 6. The van der Waals surface area contributed by atoms with Gasteiger partial charge in [-0.2, -0.15) is 0 Å². The Morgan fingerprint density at radius 2 is 1.86 bits per heavy atom. The fourth-order valence-corrected chi connectivity index (χ4v) is 2.44. The van der Waals surface area contributed by atoms with E-state index in [-0.39, 0.29) is 0 Å². The lowest BCUT2D eigenvalue weighted by molar-refractivity contribution is 0.458. The number of benzene rings is 1. The van der Waals surface area contributed by atoms with Crippen LogP contribution in [0.15, 0.2) is 30.5 Å². The maximum atomic E-state index is 5.96. The minimum atomic E-state index is 0.538. The van der Waals surface area contributed by atoms with Crippen molar-refractivity contribution in [1.29, 1.82) is 0 Å². The molecule has 0 spiro atoms. The van der Waals surface area contributed by atoms with Gasteiger partial charge in [-0.3, -0.25) is 0 Å². The average molecular weight is 325 g/mol. The van der Waals surface area contributed by atoms with Crippen molar-refractivity contribution in [3.05, 3.63) is 51.6 Å². The van der Waals surface area contributed by atoms with E-state index in [1.54, 1.807) is 18.2 Å². The second-order valence-corrected chi connectivity index (χ2v) is 5.72. The molecule has 112 valence electrons. The summed E-state index contributed by atoms with van der Waals surface area (Å²) in [7, 11) is 0. The third-order valence-corrected chi connectivity index (χ3v) is 3.33. The standard InChI is InChI=1S/C16H18Cl2N2O/c1-3-4-19-9-12-5-11(2)16(20-10-12)21-15-7-13(17)6-14(18)8-15/h5-8,10,19H,3-4,9H2,1-2H3. The molecular weight excluding hydrogens is 307 g/mol. The Kier molecular flexibility index (Phi) is 5.85. The van der Waals surface area contributed by atoms with Gasteiger partial charge in [-0.05, 0) is 49.7 Å². The van der Waals surface area contributed by atoms with E-state index in [2.05, 4.69) is 23.3 Å². The Balaban J connectivity index is 2.10. The van der Waals surface area contributed by atoms with Crippen LogP contribution < -0.4 is 10.1 Å². The molecule has 0 fully saturated rings. The molecule has 0 radical (unpaired) electrons. The molecule has 1 heterocycles. The van der Waals surface area contributed by atoms with E-state index < -0.39 is 0 Å². The molecule has 0 amide bonds. The van der Waals surface area contributed by atoms with E-state index in [0.717, 1.165) is 30.6 Å². The summed E-state index contributed by atoms with van der Waals surface area (Å²) in [5.74, 6) is 1.15. The predicted octanol–water partition coefficient (Wildman–Crippen LogP) is 4.99. The summed E-state index contributed by atoms with van der Waals surface area (Å²) in [6.45, 7) is 5.92. The zero-order valence-electron chi connectivity index (χ0n) is 12.1. The highest BCUT2D eigenvalue weighted by Gasteiger charge is 2.06. The molecule has 0 saturated carbocycles. The molecule has 2 aromatic rings. The highest BCUT2D eigenvalue weighted by Crippen LogP contribution is 2.29. The molecule has 1 aromatic heterocycles. The third-order valence-electron chi connectivity index (χ3n) is 2.89. The predicted molar refractivity (Wildman–Crippen MR) is 87.5 cm³/mol. The van der Waals surface area contributed by atoms with Gasteiger partial charge < -0.3 is 10.1 Å². The first-order chi connectivity index (χ1) is 10.1. The largest absolute Gasteiger partial charge is 0.439 e. The second kappa shape index (κ2) is 7.64. The number of aromatic nitrogens is 1. The van der Waals surface area contributed by atoms with Crippen LogP contribution in [0.1, 0.15) is 24.5 Å². The normalized spacial score (nSPS) is 10.7. The van der Waals surface area contributed by atoms with Crippen LogP contribution in [0.4, 0.5) is 0 Å². The number of ether oxygens (including phenoxy) is 1. The molecule has 0 unspecified atom stereocenters. The molecule has 0 bridgehead atoms. The van der Waals surface area contributed by atoms with Crippen molar-refractivity contribution in [2.24, 2.45) is 0 Å². The molecule has 0 aliphatic carbocycles. The minimum Gasteiger partial charge on any atom is -0.439 e. The van der Waals surface area contributed by atoms with Crippen molar-refractivity contribution < 1.29 is 4.74 Å². The Hall–Kier alpha value is -1.29. The molecule has 3 nitrogen and oxygen atoms in total. The van der Waals surface area contributed by atoms with Gasteiger partial charge in [0.1, 0.15) is 5.75 Å². The molecule has 5 heteroatoms. The van der Waals surface area contributed by atoms with Crippen LogP contribution in [0.5, 0.6) is 11.6 Å². The van der Waals surface area contributed by atoms with E-state index in [9.17, 15) is 0 Å². The van der Waals surface area contributed by atoms with Gasteiger partial charge in [-0.25, -0.2) is 4.98 Å². The Labute approximate surface area is 135 Å². The van der Waals surface area contributed by atoms with Gasteiger partial charge in [-0.15, -0.1) is 0 Å². The zero-order chi connectivity index (χ0) is 15.2. The summed E-state index contributed by atoms with van der Waals surface area (Å²) in [5, 5.41) is 4.42. The molecule has 0 aliphatic rings. The number of nitrogens with zero attached hydrogens (tertiary/aromatic N) is 1. The summed E-state index contributed by atoms with van der Waals surface area (Å²) in [4.78, 5) is 4.36. The van der Waals surface area contributed by atoms with E-state index in [0.29, 0.717) is 21.7 Å². The quantitative estimate of drug-likeness (QED) is 0.760. The molecule has 1 aromatic carbocycles. The van der Waals surface area contributed by atoms with Crippen LogP contribution in [-0.4, -0.2) is 11.5 Å². The maximum absolute atomic E-state index is 5.96. The summed E-state index contributed by atoms with van der Waals surface area (Å²) >= 11 is 11.9. The van der Waals surface area contributed by atoms with Crippen LogP contribution in [0, 0.1) is 6.92 Å². The Morgan fingerprint density at radius 3 is 2.48 bits per heavy atom. The van der Waals surface area contributed by atoms with Crippen molar-refractivity contribution >= 4 is 23.2 Å². The molecule has 0 saturated heterocycles. The van der Waals surface area contributed by atoms with E-state index in [1.165, 1.54) is 0 Å². The summed E-state index contributed by atoms with van der Waals surface area (Å²) in [5.41, 5.74) is 2.11. The fraction of sp³-hybridized carbons (Fsp3) is 0.312. The molecule has 2 rings (SSSR count). The van der Waals surface area contributed by atoms with Crippen LogP contribution >= 0.6 is 23.2 Å². The first-order valence-electron chi connectivity index (χ1n) is 6.88. The van der Waals surface area contributed by atoms with Crippen LogP contribution in [-0.2, 0) is 6.54 Å². The Bertz CT molecular complexity index is 597. The van der Waals surface area contributed by atoms with Crippen molar-refractivity contribution in [3.8, 4) is 11.6 Å². The number of nitrogens with one attached hydrogen (secondary N) is 1. The van der Waals surface area contributed by atoms with Crippen molar-refractivity contribution in [2.75, 3.05) is 6.54 Å². The molecular formula is C16H18Cl2N2O. The van der Waals surface area contributed by atoms with Gasteiger partial charge in [0, 0.05) is 28.4 Å². The van der Waals surface area contributed by atoms with Crippen molar-refractivity contribution in [1.82, 2.24) is 10.3 Å². The van der Waals surface area contributed by atoms with Crippen LogP contribution in [0.3, 0.4) is 0 Å². The van der Waals surface area contributed by atoms with Gasteiger partial charge in [0.15, 0.2) is 0 Å². The van der Waals surface area contributed by atoms with E-state index in [4.69, 9.17) is 27.9 Å². The lowest BCUT2D eigenvalue weighted by Crippen LogP contribution is -2.14. The van der Waals surface area contributed by atoms with Gasteiger partial charge in [0.2, 0.25) is 5.88 Å². The minimum absolute atomic E-state index is 0.538. The number of pyridine rings is 1. The third kappa shape index (κ3) is 4.88. The first kappa shape index (κ1) is 16.1.